The summed E-state index contributed by atoms with van der Waals surface area (Å²) in [4.78, 5) is 0. The van der Waals surface area contributed by atoms with Crippen molar-refractivity contribution >= 4 is 0 Å². The molecule has 0 aromatic heterocycles. The lowest BCUT2D eigenvalue weighted by molar-refractivity contribution is 0.0107. The van der Waals surface area contributed by atoms with E-state index in [1.165, 1.54) is 12.1 Å². The van der Waals surface area contributed by atoms with Crippen molar-refractivity contribution in [3.8, 4) is 0 Å². The van der Waals surface area contributed by atoms with E-state index in [0.717, 1.165) is 12.5 Å². The maximum Gasteiger partial charge on any atom is 0.126 e. The molecule has 1 N–H and O–H groups in total. The topological polar surface area (TPSA) is 29.5 Å². The Bertz CT molecular complexity index is 334. The highest BCUT2D eigenvalue weighted by Gasteiger charge is 2.26. The summed E-state index contributed by atoms with van der Waals surface area (Å²) in [5.41, 5.74) is 0.503. The fourth-order valence-electron chi connectivity index (χ4n) is 1.85. The van der Waals surface area contributed by atoms with Gasteiger partial charge in [0.05, 0.1) is 18.8 Å². The Hall–Kier alpha value is -1.00. The highest BCUT2D eigenvalue weighted by atomic mass is 19.1. The molecule has 0 aliphatic carbocycles. The van der Waals surface area contributed by atoms with Crippen molar-refractivity contribution in [2.45, 2.75) is 25.0 Å². The van der Waals surface area contributed by atoms with E-state index >= 15 is 0 Å². The SMILES string of the molecule is OC[C@H]1CC[C@H](c2cc(F)cc(F)c2)O1. The van der Waals surface area contributed by atoms with Crippen molar-refractivity contribution < 1.29 is 18.6 Å². The Morgan fingerprint density at radius 2 is 1.87 bits per heavy atom. The van der Waals surface area contributed by atoms with Gasteiger partial charge in [-0.25, -0.2) is 8.78 Å². The number of benzene rings is 1. The molecule has 1 heterocycles. The molecule has 2 atom stereocenters. The standard InChI is InChI=1S/C11H12F2O2/c12-8-3-7(4-9(13)5-8)11-2-1-10(6-14)15-11/h3-5,10-11,14H,1-2,6H2/t10-,11-/m1/s1. The first-order chi connectivity index (χ1) is 7.19. The van der Waals surface area contributed by atoms with Gasteiger partial charge in [0, 0.05) is 6.07 Å². The van der Waals surface area contributed by atoms with Crippen LogP contribution in [0.4, 0.5) is 8.78 Å². The van der Waals surface area contributed by atoms with Crippen LogP contribution in [0.25, 0.3) is 0 Å². The number of hydrogen-bond donors (Lipinski definition) is 1. The third-order valence-electron chi connectivity index (χ3n) is 2.57. The summed E-state index contributed by atoms with van der Waals surface area (Å²) in [6.45, 7) is -0.0473. The lowest BCUT2D eigenvalue weighted by Crippen LogP contribution is -2.11. The first kappa shape index (κ1) is 10.5. The average Bonchev–Trinajstić information content (AvgIpc) is 2.64. The van der Waals surface area contributed by atoms with E-state index < -0.39 is 11.6 Å². The molecule has 15 heavy (non-hydrogen) atoms. The predicted octanol–water partition coefficient (Wildman–Crippen LogP) is 2.18. The molecule has 82 valence electrons. The van der Waals surface area contributed by atoms with Crippen molar-refractivity contribution in [1.29, 1.82) is 0 Å². The molecule has 1 aliphatic heterocycles. The fraction of sp³-hybridized carbons (Fsp3) is 0.455. The molecule has 0 unspecified atom stereocenters. The van der Waals surface area contributed by atoms with Crippen LogP contribution in [0.5, 0.6) is 0 Å². The normalized spacial score (nSPS) is 25.8. The fourth-order valence-corrected chi connectivity index (χ4v) is 1.85. The van der Waals surface area contributed by atoms with E-state index in [9.17, 15) is 8.78 Å². The van der Waals surface area contributed by atoms with Gasteiger partial charge in [-0.05, 0) is 30.5 Å². The van der Waals surface area contributed by atoms with Gasteiger partial charge in [-0.3, -0.25) is 0 Å². The van der Waals surface area contributed by atoms with Crippen LogP contribution >= 0.6 is 0 Å². The molecule has 1 aliphatic rings. The molecule has 1 aromatic carbocycles. The summed E-state index contributed by atoms with van der Waals surface area (Å²) in [7, 11) is 0. The highest BCUT2D eigenvalue weighted by molar-refractivity contribution is 5.21. The van der Waals surface area contributed by atoms with Gasteiger partial charge in [0.25, 0.3) is 0 Å². The van der Waals surface area contributed by atoms with Gasteiger partial charge in [0.15, 0.2) is 0 Å². The van der Waals surface area contributed by atoms with Crippen LogP contribution in [0.3, 0.4) is 0 Å². The smallest absolute Gasteiger partial charge is 0.126 e. The van der Waals surface area contributed by atoms with E-state index in [1.807, 2.05) is 0 Å². The zero-order valence-electron chi connectivity index (χ0n) is 8.12. The summed E-state index contributed by atoms with van der Waals surface area (Å²) < 4.78 is 31.3. The minimum Gasteiger partial charge on any atom is -0.394 e. The maximum atomic E-state index is 12.9. The highest BCUT2D eigenvalue weighted by Crippen LogP contribution is 2.32. The van der Waals surface area contributed by atoms with E-state index in [-0.39, 0.29) is 18.8 Å². The second kappa shape index (κ2) is 4.24. The van der Waals surface area contributed by atoms with Crippen LogP contribution < -0.4 is 0 Å². The molecule has 4 heteroatoms. The largest absolute Gasteiger partial charge is 0.394 e. The first-order valence-corrected chi connectivity index (χ1v) is 4.91. The van der Waals surface area contributed by atoms with Gasteiger partial charge in [-0.15, -0.1) is 0 Å². The molecular weight excluding hydrogens is 202 g/mol. The van der Waals surface area contributed by atoms with Gasteiger partial charge < -0.3 is 9.84 Å². The zero-order valence-corrected chi connectivity index (χ0v) is 8.12. The van der Waals surface area contributed by atoms with Crippen molar-refractivity contribution in [3.63, 3.8) is 0 Å². The molecule has 0 amide bonds. The Morgan fingerprint density at radius 1 is 1.20 bits per heavy atom. The third-order valence-corrected chi connectivity index (χ3v) is 2.57. The lowest BCUT2D eigenvalue weighted by atomic mass is 10.1. The molecule has 0 spiro atoms. The quantitative estimate of drug-likeness (QED) is 0.817. The van der Waals surface area contributed by atoms with E-state index in [1.54, 1.807) is 0 Å². The second-order valence-corrected chi connectivity index (χ2v) is 3.71. The van der Waals surface area contributed by atoms with Crippen LogP contribution in [0.15, 0.2) is 18.2 Å². The molecule has 0 saturated carbocycles. The van der Waals surface area contributed by atoms with Gasteiger partial charge in [-0.1, -0.05) is 0 Å². The minimum absolute atomic E-state index is 0.0473. The maximum absolute atomic E-state index is 12.9. The number of ether oxygens (including phenoxy) is 1. The van der Waals surface area contributed by atoms with E-state index in [2.05, 4.69) is 0 Å². The van der Waals surface area contributed by atoms with Crippen molar-refractivity contribution in [1.82, 2.24) is 0 Å². The molecule has 1 aromatic rings. The van der Waals surface area contributed by atoms with Gasteiger partial charge in [-0.2, -0.15) is 0 Å². The summed E-state index contributed by atoms with van der Waals surface area (Å²) in [5.74, 6) is -1.19. The Labute approximate surface area is 86.5 Å². The van der Waals surface area contributed by atoms with Gasteiger partial charge in [0.1, 0.15) is 11.6 Å². The first-order valence-electron chi connectivity index (χ1n) is 4.91. The molecule has 0 bridgehead atoms. The lowest BCUT2D eigenvalue weighted by Gasteiger charge is -2.12. The Morgan fingerprint density at radius 3 is 2.40 bits per heavy atom. The second-order valence-electron chi connectivity index (χ2n) is 3.71. The minimum atomic E-state index is -0.596. The van der Waals surface area contributed by atoms with Crippen LogP contribution in [-0.2, 0) is 4.74 Å². The number of aliphatic hydroxyl groups excluding tert-OH is 1. The molecule has 2 nitrogen and oxygen atoms in total. The number of rotatable bonds is 2. The Kier molecular flexibility index (Phi) is 2.98. The van der Waals surface area contributed by atoms with Gasteiger partial charge >= 0.3 is 0 Å². The predicted molar refractivity (Wildman–Crippen MR) is 50.3 cm³/mol. The average molecular weight is 214 g/mol. The van der Waals surface area contributed by atoms with Crippen LogP contribution in [0.2, 0.25) is 0 Å². The van der Waals surface area contributed by atoms with Crippen LogP contribution in [0.1, 0.15) is 24.5 Å². The number of halogens is 2. The molecule has 0 radical (unpaired) electrons. The summed E-state index contributed by atoms with van der Waals surface area (Å²) >= 11 is 0. The molecule has 1 saturated heterocycles. The number of hydrogen-bond acceptors (Lipinski definition) is 2. The van der Waals surface area contributed by atoms with Gasteiger partial charge in [0.2, 0.25) is 0 Å². The van der Waals surface area contributed by atoms with Crippen LogP contribution in [0, 0.1) is 11.6 Å². The summed E-state index contributed by atoms with van der Waals surface area (Å²) in [6.07, 6.45) is 0.904. The molecule has 2 rings (SSSR count). The Balaban J connectivity index is 2.16. The molecule has 1 fully saturated rings. The van der Waals surface area contributed by atoms with E-state index in [4.69, 9.17) is 9.84 Å². The monoisotopic (exact) mass is 214 g/mol. The molecular formula is C11H12F2O2. The van der Waals surface area contributed by atoms with Crippen LogP contribution in [-0.4, -0.2) is 17.8 Å². The third kappa shape index (κ3) is 2.33. The van der Waals surface area contributed by atoms with E-state index in [0.29, 0.717) is 12.0 Å². The van der Waals surface area contributed by atoms with Crippen molar-refractivity contribution in [3.05, 3.63) is 35.4 Å². The summed E-state index contributed by atoms with van der Waals surface area (Å²) in [6, 6.07) is 3.38. The summed E-state index contributed by atoms with van der Waals surface area (Å²) in [5, 5.41) is 8.87. The zero-order chi connectivity index (χ0) is 10.8. The van der Waals surface area contributed by atoms with Crippen molar-refractivity contribution in [2.75, 3.05) is 6.61 Å². The number of aliphatic hydroxyl groups is 1. The van der Waals surface area contributed by atoms with Crippen molar-refractivity contribution in [2.24, 2.45) is 0 Å².